The van der Waals surface area contributed by atoms with E-state index in [1.165, 1.54) is 6.07 Å². The summed E-state index contributed by atoms with van der Waals surface area (Å²) in [6.45, 7) is 0. The fourth-order valence-electron chi connectivity index (χ4n) is 1.45. The normalized spacial score (nSPS) is 10.4. The summed E-state index contributed by atoms with van der Waals surface area (Å²) < 4.78 is 10.9. The van der Waals surface area contributed by atoms with Crippen LogP contribution in [0, 0.1) is 0 Å². The largest absolute Gasteiger partial charge is 1.00 e. The van der Waals surface area contributed by atoms with Crippen molar-refractivity contribution in [3.8, 4) is 0 Å². The fourth-order valence-corrected chi connectivity index (χ4v) is 2.21. The predicted molar refractivity (Wildman–Crippen MR) is 51.2 cm³/mol. The monoisotopic (exact) mass is 252 g/mol. The number of rotatable bonds is 1. The molecule has 16 heavy (non-hydrogen) atoms. The van der Waals surface area contributed by atoms with E-state index in [9.17, 15) is 14.4 Å². The van der Waals surface area contributed by atoms with E-state index in [0.717, 1.165) is 5.39 Å². The number of fused-ring (bicyclic) bond motifs is 1. The second-order valence-electron chi connectivity index (χ2n) is 3.00. The van der Waals surface area contributed by atoms with Crippen LogP contribution in [0.25, 0.3) is 10.8 Å². The minimum absolute atomic E-state index is 0. The van der Waals surface area contributed by atoms with Crippen LogP contribution in [-0.2, 0) is 4.57 Å². The molecule has 0 heterocycles. The summed E-state index contributed by atoms with van der Waals surface area (Å²) in [4.78, 5) is 21.8. The molecule has 0 atom stereocenters. The van der Waals surface area contributed by atoms with Crippen molar-refractivity contribution < 1.29 is 73.5 Å². The Balaban J connectivity index is 0.00000112. The smallest absolute Gasteiger partial charge is 0.807 e. The zero-order chi connectivity index (χ0) is 10.2. The van der Waals surface area contributed by atoms with E-state index in [0.29, 0.717) is 5.39 Å². The molecule has 0 unspecified atom stereocenters. The Kier molecular flexibility index (Phi) is 7.05. The van der Waals surface area contributed by atoms with E-state index in [1.807, 2.05) is 0 Å². The maximum Gasteiger partial charge on any atom is 1.00 e. The molecule has 2 aromatic carbocycles. The summed E-state index contributed by atoms with van der Waals surface area (Å²) in [5.74, 6) is 0. The van der Waals surface area contributed by atoms with E-state index in [4.69, 9.17) is 0 Å². The first-order valence-electron chi connectivity index (χ1n) is 4.09. The van der Waals surface area contributed by atoms with Gasteiger partial charge in [-0.05, 0) is 23.7 Å². The molecule has 0 aromatic heterocycles. The zero-order valence-electron chi connectivity index (χ0n) is 9.21. The van der Waals surface area contributed by atoms with Gasteiger partial charge in [0.15, 0.2) is 0 Å². The molecule has 0 spiro atoms. The Hall–Kier alpha value is 0.850. The molecule has 72 valence electrons. The third-order valence-electron chi connectivity index (χ3n) is 2.06. The maximum atomic E-state index is 10.9. The molecular formula is C10H7Na2O3P. The maximum absolute atomic E-state index is 10.9. The summed E-state index contributed by atoms with van der Waals surface area (Å²) >= 11 is 0. The van der Waals surface area contributed by atoms with Crippen molar-refractivity contribution in [3.63, 3.8) is 0 Å². The molecule has 0 aliphatic heterocycles. The van der Waals surface area contributed by atoms with Crippen molar-refractivity contribution in [2.24, 2.45) is 0 Å². The minimum Gasteiger partial charge on any atom is -0.807 e. The topological polar surface area (TPSA) is 63.2 Å². The van der Waals surface area contributed by atoms with Gasteiger partial charge in [0.05, 0.1) is 0 Å². The van der Waals surface area contributed by atoms with Crippen LogP contribution < -0.4 is 74.2 Å². The molecule has 0 amide bonds. The van der Waals surface area contributed by atoms with Crippen molar-refractivity contribution in [2.75, 3.05) is 0 Å². The Morgan fingerprint density at radius 2 is 1.44 bits per heavy atom. The molecule has 0 bridgehead atoms. The second-order valence-corrected chi connectivity index (χ2v) is 4.47. The van der Waals surface area contributed by atoms with Gasteiger partial charge in [0, 0.05) is 0 Å². The second kappa shape index (κ2) is 6.69. The van der Waals surface area contributed by atoms with Crippen LogP contribution in [0.3, 0.4) is 0 Å². The van der Waals surface area contributed by atoms with Crippen molar-refractivity contribution >= 4 is 23.7 Å². The minimum atomic E-state index is -4.66. The van der Waals surface area contributed by atoms with Crippen LogP contribution in [-0.4, -0.2) is 0 Å². The number of hydrogen-bond acceptors (Lipinski definition) is 3. The quantitative estimate of drug-likeness (QED) is 0.375. The molecule has 6 heteroatoms. The van der Waals surface area contributed by atoms with Gasteiger partial charge in [0.2, 0.25) is 0 Å². The standard InChI is InChI=1S/C10H9O3P.2Na/c11-14(12,13)10-7-3-5-8-4-1-2-6-9(8)10;;/h1-7H,(H2,11,12,13);;/q;2*+1/p-2. The van der Waals surface area contributed by atoms with Crippen LogP contribution in [0.4, 0.5) is 0 Å². The molecule has 3 nitrogen and oxygen atoms in total. The van der Waals surface area contributed by atoms with Gasteiger partial charge in [-0.2, -0.15) is 0 Å². The molecule has 0 N–H and O–H groups in total. The molecule has 0 saturated heterocycles. The van der Waals surface area contributed by atoms with Gasteiger partial charge >= 0.3 is 59.1 Å². The number of benzene rings is 2. The number of hydrogen-bond donors (Lipinski definition) is 0. The summed E-state index contributed by atoms with van der Waals surface area (Å²) in [5.41, 5.74) is 0. The predicted octanol–water partition coefficient (Wildman–Crippen LogP) is -5.61. The third-order valence-corrected chi connectivity index (χ3v) is 3.04. The molecule has 2 aromatic rings. The van der Waals surface area contributed by atoms with Gasteiger partial charge in [-0.1, -0.05) is 42.5 Å². The van der Waals surface area contributed by atoms with Crippen molar-refractivity contribution in [2.45, 2.75) is 0 Å². The molecule has 0 saturated carbocycles. The van der Waals surface area contributed by atoms with Crippen LogP contribution in [0.15, 0.2) is 42.5 Å². The Labute approximate surface area is 138 Å². The Morgan fingerprint density at radius 3 is 2.06 bits per heavy atom. The first-order chi connectivity index (χ1) is 6.59. The van der Waals surface area contributed by atoms with E-state index in [2.05, 4.69) is 0 Å². The Morgan fingerprint density at radius 1 is 0.875 bits per heavy atom. The van der Waals surface area contributed by atoms with E-state index >= 15 is 0 Å². The van der Waals surface area contributed by atoms with Gasteiger partial charge in [-0.3, -0.25) is 0 Å². The summed E-state index contributed by atoms with van der Waals surface area (Å²) in [6, 6.07) is 11.6. The van der Waals surface area contributed by atoms with Crippen molar-refractivity contribution in [1.82, 2.24) is 0 Å². The molecule has 0 aliphatic carbocycles. The van der Waals surface area contributed by atoms with Crippen LogP contribution >= 0.6 is 7.60 Å². The summed E-state index contributed by atoms with van der Waals surface area (Å²) in [6.07, 6.45) is 0. The zero-order valence-corrected chi connectivity index (χ0v) is 14.1. The van der Waals surface area contributed by atoms with Crippen LogP contribution in [0.1, 0.15) is 0 Å². The van der Waals surface area contributed by atoms with Gasteiger partial charge < -0.3 is 14.4 Å². The summed E-state index contributed by atoms with van der Waals surface area (Å²) in [7, 11) is -4.66. The average molecular weight is 252 g/mol. The molecular weight excluding hydrogens is 245 g/mol. The average Bonchev–Trinajstić information content (AvgIpc) is 2.15. The molecule has 0 aliphatic rings. The molecule has 2 rings (SSSR count). The Bertz CT molecular complexity index is 519. The fraction of sp³-hybridized carbons (Fsp3) is 0. The SMILES string of the molecule is O=P([O-])([O-])c1cccc2ccccc12.[Na+].[Na+]. The van der Waals surface area contributed by atoms with E-state index < -0.39 is 7.60 Å². The van der Waals surface area contributed by atoms with Crippen molar-refractivity contribution in [3.05, 3.63) is 42.5 Å². The van der Waals surface area contributed by atoms with E-state index in [1.54, 1.807) is 36.4 Å². The molecule has 0 fully saturated rings. The van der Waals surface area contributed by atoms with E-state index in [-0.39, 0.29) is 64.4 Å². The van der Waals surface area contributed by atoms with Crippen LogP contribution in [0.2, 0.25) is 0 Å². The molecule has 0 radical (unpaired) electrons. The summed E-state index contributed by atoms with van der Waals surface area (Å²) in [5, 5.41) is 1.12. The first-order valence-corrected chi connectivity index (χ1v) is 5.64. The van der Waals surface area contributed by atoms with Gasteiger partial charge in [0.25, 0.3) is 0 Å². The van der Waals surface area contributed by atoms with Crippen LogP contribution in [0.5, 0.6) is 0 Å². The van der Waals surface area contributed by atoms with Crippen molar-refractivity contribution in [1.29, 1.82) is 0 Å². The van der Waals surface area contributed by atoms with Gasteiger partial charge in [-0.25, -0.2) is 0 Å². The van der Waals surface area contributed by atoms with Gasteiger partial charge in [-0.15, -0.1) is 0 Å². The third kappa shape index (κ3) is 3.67. The van der Waals surface area contributed by atoms with Gasteiger partial charge in [0.1, 0.15) is 0 Å². The first kappa shape index (κ1) is 16.9.